The van der Waals surface area contributed by atoms with Crippen molar-refractivity contribution in [2.24, 2.45) is 0 Å². The fraction of sp³-hybridized carbons (Fsp3) is 0.385. The molecule has 0 unspecified atom stereocenters. The van der Waals surface area contributed by atoms with Crippen LogP contribution in [0.3, 0.4) is 0 Å². The summed E-state index contributed by atoms with van der Waals surface area (Å²) < 4.78 is 0. The molecule has 2 heterocycles. The van der Waals surface area contributed by atoms with Gasteiger partial charge in [0.15, 0.2) is 0 Å². The molecule has 2 aliphatic rings. The Kier molecular flexibility index (Phi) is 6.17. The van der Waals surface area contributed by atoms with E-state index in [1.165, 1.54) is 16.2 Å². The van der Waals surface area contributed by atoms with Gasteiger partial charge in [-0.3, -0.25) is 14.5 Å². The number of nitrogens with zero attached hydrogens (tertiary/aromatic N) is 2. The second-order valence-corrected chi connectivity index (χ2v) is 10.8. The molecule has 2 aliphatic heterocycles. The van der Waals surface area contributed by atoms with Gasteiger partial charge in [-0.1, -0.05) is 30.7 Å². The third kappa shape index (κ3) is 4.20. The average Bonchev–Trinajstić information content (AvgIpc) is 2.98. The molecule has 0 aliphatic carbocycles. The van der Waals surface area contributed by atoms with Crippen molar-refractivity contribution in [1.82, 2.24) is 4.90 Å². The number of fused-ring (bicyclic) bond motifs is 1. The first-order valence-electron chi connectivity index (χ1n) is 11.0. The van der Waals surface area contributed by atoms with Gasteiger partial charge in [0.2, 0.25) is 0 Å². The van der Waals surface area contributed by atoms with Gasteiger partial charge in [-0.05, 0) is 104 Å². The first-order valence-corrected chi connectivity index (χ1v) is 12.2. The molecule has 2 aromatic rings. The molecule has 1 saturated heterocycles. The van der Waals surface area contributed by atoms with E-state index in [-0.39, 0.29) is 23.2 Å². The van der Waals surface area contributed by atoms with Crippen LogP contribution in [-0.4, -0.2) is 28.1 Å². The molecule has 4 rings (SSSR count). The number of hydrogen-bond donors (Lipinski definition) is 0. The zero-order chi connectivity index (χ0) is 23.2. The second-order valence-electron chi connectivity index (χ2n) is 9.32. The number of carbonyl (C=O) groups excluding carboxylic acids is 2. The number of anilines is 1. The van der Waals surface area contributed by atoms with Gasteiger partial charge in [0.1, 0.15) is 0 Å². The van der Waals surface area contributed by atoms with Crippen LogP contribution in [0.25, 0.3) is 6.08 Å². The van der Waals surface area contributed by atoms with Gasteiger partial charge in [-0.15, -0.1) is 0 Å². The lowest BCUT2D eigenvalue weighted by molar-refractivity contribution is -0.123. The summed E-state index contributed by atoms with van der Waals surface area (Å²) >= 11 is 6.96. The number of amides is 2. The number of halogens is 1. The normalized spacial score (nSPS) is 21.4. The smallest absolute Gasteiger partial charge is 0.293 e. The van der Waals surface area contributed by atoms with Crippen LogP contribution >= 0.6 is 23.4 Å². The van der Waals surface area contributed by atoms with E-state index in [9.17, 15) is 9.59 Å². The van der Waals surface area contributed by atoms with E-state index < -0.39 is 0 Å². The monoisotopic (exact) mass is 468 g/mol. The van der Waals surface area contributed by atoms with Crippen LogP contribution in [0.15, 0.2) is 41.3 Å². The minimum Gasteiger partial charge on any atom is -0.366 e. The molecule has 0 N–H and O–H groups in total. The maximum atomic E-state index is 13.0. The van der Waals surface area contributed by atoms with Crippen molar-refractivity contribution in [2.75, 3.05) is 11.4 Å². The van der Waals surface area contributed by atoms with E-state index in [1.807, 2.05) is 18.2 Å². The quantitative estimate of drug-likeness (QED) is 0.453. The molecule has 2 aromatic carbocycles. The largest absolute Gasteiger partial charge is 0.366 e. The van der Waals surface area contributed by atoms with Crippen molar-refractivity contribution < 1.29 is 9.59 Å². The van der Waals surface area contributed by atoms with Crippen LogP contribution in [0.1, 0.15) is 62.3 Å². The van der Waals surface area contributed by atoms with Crippen LogP contribution in [0.2, 0.25) is 5.02 Å². The van der Waals surface area contributed by atoms with Crippen LogP contribution in [-0.2, 0) is 11.3 Å². The predicted octanol–water partition coefficient (Wildman–Crippen LogP) is 7.00. The van der Waals surface area contributed by atoms with Crippen LogP contribution in [0, 0.1) is 6.92 Å². The molecule has 6 heteroatoms. The summed E-state index contributed by atoms with van der Waals surface area (Å²) in [4.78, 5) is 29.8. The number of imide groups is 1. The van der Waals surface area contributed by atoms with Crippen molar-refractivity contribution in [3.05, 3.63) is 68.6 Å². The van der Waals surface area contributed by atoms with Crippen LogP contribution in [0.5, 0.6) is 0 Å². The molecule has 2 amide bonds. The fourth-order valence-corrected chi connectivity index (χ4v) is 5.91. The van der Waals surface area contributed by atoms with Gasteiger partial charge in [-0.2, -0.15) is 0 Å². The zero-order valence-electron chi connectivity index (χ0n) is 19.2. The summed E-state index contributed by atoms with van der Waals surface area (Å²) in [5, 5.41) is 0.393. The Morgan fingerprint density at radius 2 is 1.88 bits per heavy atom. The molecule has 4 nitrogen and oxygen atoms in total. The topological polar surface area (TPSA) is 40.6 Å². The van der Waals surface area contributed by atoms with Gasteiger partial charge in [0.05, 0.1) is 11.4 Å². The first kappa shape index (κ1) is 22.9. The Bertz CT molecular complexity index is 1110. The summed E-state index contributed by atoms with van der Waals surface area (Å²) in [6, 6.07) is 11.7. The van der Waals surface area contributed by atoms with Gasteiger partial charge >= 0.3 is 0 Å². The van der Waals surface area contributed by atoms with Crippen molar-refractivity contribution >= 4 is 46.3 Å². The minimum absolute atomic E-state index is 0.111. The van der Waals surface area contributed by atoms with E-state index in [0.29, 0.717) is 15.8 Å². The number of carbonyl (C=O) groups is 2. The number of hydrogen-bond acceptors (Lipinski definition) is 4. The first-order chi connectivity index (χ1) is 15.1. The molecule has 0 radical (unpaired) electrons. The summed E-state index contributed by atoms with van der Waals surface area (Å²) in [5.74, 6) is 0.187. The molecular formula is C26H29ClN2O2S. The highest BCUT2D eigenvalue weighted by molar-refractivity contribution is 8.18. The van der Waals surface area contributed by atoms with Crippen molar-refractivity contribution in [3.63, 3.8) is 0 Å². The van der Waals surface area contributed by atoms with Crippen LogP contribution in [0.4, 0.5) is 10.5 Å². The summed E-state index contributed by atoms with van der Waals surface area (Å²) in [5.41, 5.74) is 5.68. The fourth-order valence-electron chi connectivity index (χ4n) is 4.95. The Morgan fingerprint density at radius 1 is 1.19 bits per heavy atom. The minimum atomic E-state index is -0.239. The zero-order valence-corrected chi connectivity index (χ0v) is 20.8. The van der Waals surface area contributed by atoms with E-state index in [1.54, 1.807) is 12.1 Å². The molecule has 0 aromatic heterocycles. The van der Waals surface area contributed by atoms with E-state index in [0.717, 1.165) is 41.4 Å². The number of benzene rings is 2. The molecule has 1 atom stereocenters. The highest BCUT2D eigenvalue weighted by atomic mass is 35.5. The summed E-state index contributed by atoms with van der Waals surface area (Å²) in [7, 11) is 0. The van der Waals surface area contributed by atoms with Crippen LogP contribution < -0.4 is 4.90 Å². The van der Waals surface area contributed by atoms with Crippen molar-refractivity contribution in [2.45, 2.75) is 59.0 Å². The molecule has 168 valence electrons. The van der Waals surface area contributed by atoms with Gasteiger partial charge in [0, 0.05) is 22.8 Å². The Balaban J connectivity index is 1.64. The number of aryl methyl sites for hydroxylation is 1. The predicted molar refractivity (Wildman–Crippen MR) is 134 cm³/mol. The summed E-state index contributed by atoms with van der Waals surface area (Å²) in [6.45, 7) is 12.3. The number of rotatable bonds is 4. The lowest BCUT2D eigenvalue weighted by Gasteiger charge is -2.47. The lowest BCUT2D eigenvalue weighted by Crippen LogP contribution is -2.48. The third-order valence-electron chi connectivity index (χ3n) is 6.50. The van der Waals surface area contributed by atoms with Gasteiger partial charge in [0.25, 0.3) is 11.1 Å². The Morgan fingerprint density at radius 3 is 2.53 bits per heavy atom. The maximum Gasteiger partial charge on any atom is 0.293 e. The van der Waals surface area contributed by atoms with Gasteiger partial charge < -0.3 is 4.90 Å². The van der Waals surface area contributed by atoms with E-state index in [4.69, 9.17) is 11.6 Å². The van der Waals surface area contributed by atoms with E-state index >= 15 is 0 Å². The van der Waals surface area contributed by atoms with Gasteiger partial charge in [-0.25, -0.2) is 0 Å². The SMILES string of the molecule is CCN1c2cc(C)c(/C=C3\SC(=O)N(Cc4ccc(Cl)cc4)C3=O)cc2[C@H](C)CC1(C)C. The van der Waals surface area contributed by atoms with E-state index in [2.05, 4.69) is 51.7 Å². The highest BCUT2D eigenvalue weighted by Gasteiger charge is 2.37. The number of thioether (sulfide) groups is 1. The maximum absolute atomic E-state index is 13.0. The molecule has 1 fully saturated rings. The highest BCUT2D eigenvalue weighted by Crippen LogP contribution is 2.45. The molecular weight excluding hydrogens is 440 g/mol. The van der Waals surface area contributed by atoms with Crippen molar-refractivity contribution in [3.8, 4) is 0 Å². The summed E-state index contributed by atoms with van der Waals surface area (Å²) in [6.07, 6.45) is 2.96. The Hall–Kier alpha value is -2.24. The second kappa shape index (κ2) is 8.60. The lowest BCUT2D eigenvalue weighted by atomic mass is 9.79. The third-order valence-corrected chi connectivity index (χ3v) is 7.66. The molecule has 0 spiro atoms. The van der Waals surface area contributed by atoms with Crippen molar-refractivity contribution in [1.29, 1.82) is 0 Å². The standard InChI is InChI=1S/C26H29ClN2O2S/c1-6-29-22-11-16(2)19(12-21(22)17(3)14-26(29,4)5)13-23-24(30)28(25(31)32-23)15-18-7-9-20(27)10-8-18/h7-13,17H,6,14-15H2,1-5H3/b23-13-/t17-/m1/s1. The molecule has 0 saturated carbocycles. The average molecular weight is 469 g/mol. The molecule has 32 heavy (non-hydrogen) atoms. The molecule has 0 bridgehead atoms. The Labute approximate surface area is 199 Å².